The first-order chi connectivity index (χ1) is 10.5. The first-order valence-corrected chi connectivity index (χ1v) is 6.75. The Labute approximate surface area is 130 Å². The van der Waals surface area contributed by atoms with Gasteiger partial charge in [-0.15, -0.1) is 0 Å². The van der Waals surface area contributed by atoms with Gasteiger partial charge in [-0.1, -0.05) is 0 Å². The van der Waals surface area contributed by atoms with Crippen LogP contribution < -0.4 is 18.9 Å². The maximum absolute atomic E-state index is 5.43. The van der Waals surface area contributed by atoms with Gasteiger partial charge < -0.3 is 18.9 Å². The fourth-order valence-electron chi connectivity index (χ4n) is 2.34. The predicted octanol–water partition coefficient (Wildman–Crippen LogP) is 2.79. The molecule has 118 valence electrons. The van der Waals surface area contributed by atoms with E-state index in [9.17, 15) is 0 Å². The number of pyridine rings is 2. The van der Waals surface area contributed by atoms with Crippen molar-refractivity contribution in [3.05, 3.63) is 23.3 Å². The molecule has 0 atom stereocenters. The largest absolute Gasteiger partial charge is 0.481 e. The minimum absolute atomic E-state index is 0.463. The molecule has 6 nitrogen and oxygen atoms in total. The summed E-state index contributed by atoms with van der Waals surface area (Å²) in [5.41, 5.74) is 3.56. The zero-order valence-electron chi connectivity index (χ0n) is 13.7. The maximum atomic E-state index is 5.43. The Morgan fingerprint density at radius 1 is 0.636 bits per heavy atom. The molecule has 0 saturated carbocycles. The fourth-order valence-corrected chi connectivity index (χ4v) is 2.34. The Morgan fingerprint density at radius 3 is 1.27 bits per heavy atom. The second-order valence-electron chi connectivity index (χ2n) is 4.73. The molecule has 2 aromatic rings. The van der Waals surface area contributed by atoms with Gasteiger partial charge in [-0.3, -0.25) is 0 Å². The van der Waals surface area contributed by atoms with E-state index >= 15 is 0 Å². The van der Waals surface area contributed by atoms with E-state index in [0.29, 0.717) is 23.5 Å². The highest BCUT2D eigenvalue weighted by Gasteiger charge is 2.21. The molecule has 22 heavy (non-hydrogen) atoms. The molecule has 0 aliphatic heterocycles. The van der Waals surface area contributed by atoms with Crippen LogP contribution in [0.25, 0.3) is 11.1 Å². The van der Waals surface area contributed by atoms with Gasteiger partial charge in [-0.25, -0.2) is 0 Å². The van der Waals surface area contributed by atoms with Crippen LogP contribution in [0, 0.1) is 13.8 Å². The second kappa shape index (κ2) is 6.51. The quantitative estimate of drug-likeness (QED) is 0.846. The topological polar surface area (TPSA) is 62.7 Å². The van der Waals surface area contributed by atoms with Crippen LogP contribution in [0.5, 0.6) is 23.5 Å². The van der Waals surface area contributed by atoms with E-state index in [4.69, 9.17) is 18.9 Å². The predicted molar refractivity (Wildman–Crippen MR) is 83.2 cm³/mol. The molecule has 2 heterocycles. The number of nitrogens with zero attached hydrogens (tertiary/aromatic N) is 2. The van der Waals surface area contributed by atoms with Gasteiger partial charge in [0, 0.05) is 12.1 Å². The number of ether oxygens (including phenoxy) is 4. The summed E-state index contributed by atoms with van der Waals surface area (Å²) in [5, 5.41) is 0. The van der Waals surface area contributed by atoms with E-state index in [1.807, 2.05) is 26.0 Å². The molecule has 6 heteroatoms. The van der Waals surface area contributed by atoms with Crippen molar-refractivity contribution in [3.8, 4) is 34.6 Å². The van der Waals surface area contributed by atoms with E-state index < -0.39 is 0 Å². The summed E-state index contributed by atoms with van der Waals surface area (Å²) in [4.78, 5) is 8.69. The molecule has 0 aromatic carbocycles. The molecule has 2 aromatic heterocycles. The molecular weight excluding hydrogens is 284 g/mol. The van der Waals surface area contributed by atoms with Crippen molar-refractivity contribution >= 4 is 0 Å². The van der Waals surface area contributed by atoms with Crippen LogP contribution in [0.1, 0.15) is 11.1 Å². The Bertz CT molecular complexity index is 627. The van der Waals surface area contributed by atoms with Crippen molar-refractivity contribution in [2.45, 2.75) is 13.8 Å². The Balaban J connectivity index is 2.76. The molecular formula is C16H20N2O4. The van der Waals surface area contributed by atoms with Gasteiger partial charge in [0.15, 0.2) is 0 Å². The summed E-state index contributed by atoms with van der Waals surface area (Å²) < 4.78 is 21.2. The lowest BCUT2D eigenvalue weighted by Gasteiger charge is -2.17. The van der Waals surface area contributed by atoms with Crippen LogP contribution >= 0.6 is 0 Å². The standard InChI is InChI=1S/C16H20N2O4/c1-9-7-11(19-3)17-15(21-5)13(9)14-10(2)8-12(20-4)18-16(14)22-6/h7-8H,1-6H3. The normalized spacial score (nSPS) is 10.3. The monoisotopic (exact) mass is 304 g/mol. The summed E-state index contributed by atoms with van der Waals surface area (Å²) in [6.45, 7) is 3.93. The van der Waals surface area contributed by atoms with Gasteiger partial charge in [0.25, 0.3) is 0 Å². The van der Waals surface area contributed by atoms with E-state index in [1.165, 1.54) is 0 Å². The molecule has 0 amide bonds. The summed E-state index contributed by atoms with van der Waals surface area (Å²) in [5.74, 6) is 1.92. The Hall–Kier alpha value is -2.50. The summed E-state index contributed by atoms with van der Waals surface area (Å²) in [7, 11) is 6.29. The molecule has 0 spiro atoms. The minimum atomic E-state index is 0.463. The molecule has 2 rings (SSSR count). The van der Waals surface area contributed by atoms with E-state index in [-0.39, 0.29) is 0 Å². The van der Waals surface area contributed by atoms with Crippen molar-refractivity contribution in [3.63, 3.8) is 0 Å². The average Bonchev–Trinajstić information content (AvgIpc) is 2.53. The van der Waals surface area contributed by atoms with Gasteiger partial charge in [0.05, 0.1) is 39.6 Å². The van der Waals surface area contributed by atoms with Crippen molar-refractivity contribution in [1.82, 2.24) is 9.97 Å². The van der Waals surface area contributed by atoms with Crippen LogP contribution in [0.4, 0.5) is 0 Å². The van der Waals surface area contributed by atoms with Gasteiger partial charge in [0.1, 0.15) is 0 Å². The van der Waals surface area contributed by atoms with Crippen molar-refractivity contribution in [2.24, 2.45) is 0 Å². The molecule has 0 fully saturated rings. The minimum Gasteiger partial charge on any atom is -0.481 e. The van der Waals surface area contributed by atoms with Gasteiger partial charge in [-0.2, -0.15) is 9.97 Å². The highest BCUT2D eigenvalue weighted by Crippen LogP contribution is 2.41. The first kappa shape index (κ1) is 15.9. The number of hydrogen-bond donors (Lipinski definition) is 0. The molecule has 0 N–H and O–H groups in total. The third-order valence-electron chi connectivity index (χ3n) is 3.37. The summed E-state index contributed by atoms with van der Waals surface area (Å²) in [6, 6.07) is 3.70. The lowest BCUT2D eigenvalue weighted by molar-refractivity contribution is 0.360. The highest BCUT2D eigenvalue weighted by atomic mass is 16.5. The Kier molecular flexibility index (Phi) is 4.70. The number of aryl methyl sites for hydroxylation is 2. The van der Waals surface area contributed by atoms with Crippen LogP contribution in [-0.4, -0.2) is 38.4 Å². The first-order valence-electron chi connectivity index (χ1n) is 6.75. The molecule has 0 saturated heterocycles. The van der Waals surface area contributed by atoms with Gasteiger partial charge in [-0.05, 0) is 25.0 Å². The molecule has 0 radical (unpaired) electrons. The lowest BCUT2D eigenvalue weighted by atomic mass is 9.99. The number of aromatic nitrogens is 2. The van der Waals surface area contributed by atoms with Crippen LogP contribution in [0.3, 0.4) is 0 Å². The lowest BCUT2D eigenvalue weighted by Crippen LogP contribution is -2.02. The smallest absolute Gasteiger partial charge is 0.224 e. The Morgan fingerprint density at radius 2 is 1.00 bits per heavy atom. The number of hydrogen-bond acceptors (Lipinski definition) is 6. The van der Waals surface area contributed by atoms with Crippen LogP contribution in [0.15, 0.2) is 12.1 Å². The van der Waals surface area contributed by atoms with Gasteiger partial charge >= 0.3 is 0 Å². The van der Waals surface area contributed by atoms with Crippen molar-refractivity contribution < 1.29 is 18.9 Å². The number of rotatable bonds is 5. The number of methoxy groups -OCH3 is 4. The fraction of sp³-hybridized carbons (Fsp3) is 0.375. The molecule has 0 bridgehead atoms. The molecule has 0 aliphatic carbocycles. The molecule has 0 unspecified atom stereocenters. The van der Waals surface area contributed by atoms with Gasteiger partial charge in [0.2, 0.25) is 23.5 Å². The zero-order valence-corrected chi connectivity index (χ0v) is 13.7. The SMILES string of the molecule is COc1cc(C)c(-c2c(C)cc(OC)nc2OC)c(OC)n1. The van der Waals surface area contributed by atoms with Crippen molar-refractivity contribution in [2.75, 3.05) is 28.4 Å². The summed E-state index contributed by atoms with van der Waals surface area (Å²) >= 11 is 0. The van der Waals surface area contributed by atoms with E-state index in [1.54, 1.807) is 28.4 Å². The summed E-state index contributed by atoms with van der Waals surface area (Å²) in [6.07, 6.45) is 0. The third-order valence-corrected chi connectivity index (χ3v) is 3.37. The van der Waals surface area contributed by atoms with Crippen LogP contribution in [-0.2, 0) is 0 Å². The maximum Gasteiger partial charge on any atom is 0.224 e. The van der Waals surface area contributed by atoms with Crippen molar-refractivity contribution in [1.29, 1.82) is 0 Å². The zero-order chi connectivity index (χ0) is 16.3. The highest BCUT2D eigenvalue weighted by molar-refractivity contribution is 5.79. The second-order valence-corrected chi connectivity index (χ2v) is 4.73. The van der Waals surface area contributed by atoms with E-state index in [0.717, 1.165) is 22.3 Å². The van der Waals surface area contributed by atoms with E-state index in [2.05, 4.69) is 9.97 Å². The average molecular weight is 304 g/mol. The third kappa shape index (κ3) is 2.77. The molecule has 0 aliphatic rings. The van der Waals surface area contributed by atoms with Crippen LogP contribution in [0.2, 0.25) is 0 Å².